The van der Waals surface area contributed by atoms with Gasteiger partial charge in [0.05, 0.1) is 18.6 Å². The summed E-state index contributed by atoms with van der Waals surface area (Å²) in [7, 11) is 0. The summed E-state index contributed by atoms with van der Waals surface area (Å²) in [4.78, 5) is 11.5. The van der Waals surface area contributed by atoms with Crippen LogP contribution in [0.1, 0.15) is 32.4 Å². The summed E-state index contributed by atoms with van der Waals surface area (Å²) in [5, 5.41) is 5.97. The quantitative estimate of drug-likeness (QED) is 0.773. The number of furan rings is 1. The molecule has 0 saturated heterocycles. The molecule has 0 aliphatic carbocycles. The molecule has 1 rings (SSSR count). The summed E-state index contributed by atoms with van der Waals surface area (Å²) in [6.07, 6.45) is 3.31. The second-order valence-electron chi connectivity index (χ2n) is 3.56. The second-order valence-corrected chi connectivity index (χ2v) is 3.56. The number of carbonyl (C=O) groups is 1. The lowest BCUT2D eigenvalue weighted by molar-refractivity contribution is -0.122. The summed E-state index contributed by atoms with van der Waals surface area (Å²) in [6.45, 7) is 6.41. The van der Waals surface area contributed by atoms with Crippen LogP contribution >= 0.6 is 0 Å². The van der Waals surface area contributed by atoms with Gasteiger partial charge < -0.3 is 9.73 Å². The monoisotopic (exact) mass is 210 g/mol. The first kappa shape index (κ1) is 11.8. The van der Waals surface area contributed by atoms with Gasteiger partial charge in [-0.1, -0.05) is 0 Å². The van der Waals surface area contributed by atoms with Crippen molar-refractivity contribution in [3.05, 3.63) is 24.2 Å². The van der Waals surface area contributed by atoms with Crippen LogP contribution in [0.4, 0.5) is 0 Å². The molecule has 0 radical (unpaired) electrons. The predicted molar refractivity (Wildman–Crippen MR) is 58.4 cm³/mol. The smallest absolute Gasteiger partial charge is 0.236 e. The Morgan fingerprint density at radius 1 is 1.53 bits per heavy atom. The molecule has 1 aromatic heterocycles. The highest BCUT2D eigenvalue weighted by Crippen LogP contribution is 2.12. The topological polar surface area (TPSA) is 54.3 Å². The lowest BCUT2D eigenvalue weighted by atomic mass is 10.1. The van der Waals surface area contributed by atoms with E-state index >= 15 is 0 Å². The van der Waals surface area contributed by atoms with Crippen LogP contribution < -0.4 is 10.6 Å². The molecule has 15 heavy (non-hydrogen) atoms. The van der Waals surface area contributed by atoms with E-state index in [4.69, 9.17) is 4.42 Å². The highest BCUT2D eigenvalue weighted by atomic mass is 16.3. The minimum atomic E-state index is -0.199. The highest BCUT2D eigenvalue weighted by Gasteiger charge is 2.15. The third-order valence-electron chi connectivity index (χ3n) is 2.29. The first-order chi connectivity index (χ1) is 7.15. The third-order valence-corrected chi connectivity index (χ3v) is 2.29. The van der Waals surface area contributed by atoms with Crippen molar-refractivity contribution >= 4 is 5.91 Å². The van der Waals surface area contributed by atoms with Crippen LogP contribution in [0.3, 0.4) is 0 Å². The van der Waals surface area contributed by atoms with Crippen LogP contribution in [-0.4, -0.2) is 18.5 Å². The van der Waals surface area contributed by atoms with E-state index in [0.29, 0.717) is 6.54 Å². The molecule has 0 fully saturated rings. The zero-order valence-corrected chi connectivity index (χ0v) is 9.41. The van der Waals surface area contributed by atoms with Gasteiger partial charge in [-0.2, -0.15) is 0 Å². The summed E-state index contributed by atoms with van der Waals surface area (Å²) < 4.78 is 4.98. The molecule has 1 heterocycles. The third kappa shape index (κ3) is 3.40. The lowest BCUT2D eigenvalue weighted by Crippen LogP contribution is -2.42. The summed E-state index contributed by atoms with van der Waals surface area (Å²) in [5.74, 6) is 0.0212. The van der Waals surface area contributed by atoms with Crippen molar-refractivity contribution in [2.45, 2.75) is 32.9 Å². The van der Waals surface area contributed by atoms with Gasteiger partial charge in [0, 0.05) is 18.2 Å². The van der Waals surface area contributed by atoms with Crippen molar-refractivity contribution in [1.29, 1.82) is 0 Å². The number of hydrogen-bond acceptors (Lipinski definition) is 3. The van der Waals surface area contributed by atoms with E-state index in [1.807, 2.05) is 26.8 Å². The maximum atomic E-state index is 11.5. The number of rotatable bonds is 5. The molecule has 1 amide bonds. The van der Waals surface area contributed by atoms with Crippen LogP contribution in [0, 0.1) is 0 Å². The van der Waals surface area contributed by atoms with Crippen LogP contribution in [0.15, 0.2) is 23.0 Å². The maximum absolute atomic E-state index is 11.5. The van der Waals surface area contributed by atoms with Gasteiger partial charge in [0.1, 0.15) is 0 Å². The fraction of sp³-hybridized carbons (Fsp3) is 0.545. The lowest BCUT2D eigenvalue weighted by Gasteiger charge is -2.18. The summed E-state index contributed by atoms with van der Waals surface area (Å²) in [6, 6.07) is 1.80. The standard InChI is InChI=1S/C11H18N2O2/c1-4-12-11(14)9(3)13-8(2)10-5-6-15-7-10/h5-9,13H,4H2,1-3H3,(H,12,14). The minimum absolute atomic E-state index is 0.0212. The largest absolute Gasteiger partial charge is 0.472 e. The van der Waals surface area contributed by atoms with E-state index in [-0.39, 0.29) is 18.0 Å². The molecule has 0 aromatic carbocycles. The molecule has 0 bridgehead atoms. The molecule has 2 N–H and O–H groups in total. The molecule has 0 aliphatic rings. The Bertz CT molecular complexity index is 296. The van der Waals surface area contributed by atoms with Crippen LogP contribution in [-0.2, 0) is 4.79 Å². The fourth-order valence-corrected chi connectivity index (χ4v) is 1.40. The first-order valence-corrected chi connectivity index (χ1v) is 5.21. The first-order valence-electron chi connectivity index (χ1n) is 5.21. The number of nitrogens with one attached hydrogen (secondary N) is 2. The van der Waals surface area contributed by atoms with Crippen LogP contribution in [0.25, 0.3) is 0 Å². The SMILES string of the molecule is CCNC(=O)C(C)NC(C)c1ccoc1. The normalized spacial score (nSPS) is 14.6. The van der Waals surface area contributed by atoms with E-state index in [2.05, 4.69) is 10.6 Å². The molecular weight excluding hydrogens is 192 g/mol. The van der Waals surface area contributed by atoms with Crippen molar-refractivity contribution in [1.82, 2.24) is 10.6 Å². The van der Waals surface area contributed by atoms with E-state index in [0.717, 1.165) is 5.56 Å². The second kappa shape index (κ2) is 5.56. The van der Waals surface area contributed by atoms with E-state index < -0.39 is 0 Å². The Kier molecular flexibility index (Phi) is 4.37. The van der Waals surface area contributed by atoms with Crippen molar-refractivity contribution in [3.63, 3.8) is 0 Å². The Labute approximate surface area is 90.0 Å². The molecule has 0 spiro atoms. The molecule has 84 valence electrons. The van der Waals surface area contributed by atoms with Gasteiger partial charge in [0.25, 0.3) is 0 Å². The van der Waals surface area contributed by atoms with Crippen LogP contribution in [0.2, 0.25) is 0 Å². The number of hydrogen-bond donors (Lipinski definition) is 2. The van der Waals surface area contributed by atoms with Crippen molar-refractivity contribution < 1.29 is 9.21 Å². The molecule has 1 aromatic rings. The van der Waals surface area contributed by atoms with Gasteiger partial charge in [0.15, 0.2) is 0 Å². The zero-order chi connectivity index (χ0) is 11.3. The predicted octanol–water partition coefficient (Wildman–Crippen LogP) is 1.45. The van der Waals surface area contributed by atoms with Gasteiger partial charge in [-0.15, -0.1) is 0 Å². The number of likely N-dealkylation sites (N-methyl/N-ethyl adjacent to an activating group) is 1. The van der Waals surface area contributed by atoms with E-state index in [1.165, 1.54) is 0 Å². The average Bonchev–Trinajstić information content (AvgIpc) is 2.70. The summed E-state index contributed by atoms with van der Waals surface area (Å²) in [5.41, 5.74) is 1.05. The molecule has 0 saturated carbocycles. The number of amides is 1. The van der Waals surface area contributed by atoms with E-state index in [1.54, 1.807) is 12.5 Å². The van der Waals surface area contributed by atoms with Gasteiger partial charge in [0.2, 0.25) is 5.91 Å². The Morgan fingerprint density at radius 3 is 2.80 bits per heavy atom. The summed E-state index contributed by atoms with van der Waals surface area (Å²) >= 11 is 0. The van der Waals surface area contributed by atoms with E-state index in [9.17, 15) is 4.79 Å². The minimum Gasteiger partial charge on any atom is -0.472 e. The van der Waals surface area contributed by atoms with Gasteiger partial charge in [-0.05, 0) is 26.8 Å². The zero-order valence-electron chi connectivity index (χ0n) is 9.41. The van der Waals surface area contributed by atoms with Crippen LogP contribution in [0.5, 0.6) is 0 Å². The molecule has 0 aliphatic heterocycles. The van der Waals surface area contributed by atoms with Crippen molar-refractivity contribution in [2.24, 2.45) is 0 Å². The maximum Gasteiger partial charge on any atom is 0.236 e. The molecule has 4 heteroatoms. The highest BCUT2D eigenvalue weighted by molar-refractivity contribution is 5.81. The average molecular weight is 210 g/mol. The Morgan fingerprint density at radius 2 is 2.27 bits per heavy atom. The molecular formula is C11H18N2O2. The molecule has 2 atom stereocenters. The molecule has 2 unspecified atom stereocenters. The van der Waals surface area contributed by atoms with Gasteiger partial charge in [-0.3, -0.25) is 10.1 Å². The van der Waals surface area contributed by atoms with Gasteiger partial charge in [-0.25, -0.2) is 0 Å². The fourth-order valence-electron chi connectivity index (χ4n) is 1.40. The van der Waals surface area contributed by atoms with Gasteiger partial charge >= 0.3 is 0 Å². The number of carbonyl (C=O) groups excluding carboxylic acids is 1. The molecule has 4 nitrogen and oxygen atoms in total. The van der Waals surface area contributed by atoms with Crippen molar-refractivity contribution in [2.75, 3.05) is 6.54 Å². The Balaban J connectivity index is 2.44. The van der Waals surface area contributed by atoms with Crippen molar-refractivity contribution in [3.8, 4) is 0 Å². The Hall–Kier alpha value is -1.29.